The molecule has 0 radical (unpaired) electrons. The summed E-state index contributed by atoms with van der Waals surface area (Å²) in [6, 6.07) is 11.9. The van der Waals surface area contributed by atoms with E-state index in [9.17, 15) is 9.59 Å². The lowest BCUT2D eigenvalue weighted by atomic mass is 10.2. The topological polar surface area (TPSA) is 112 Å². The number of aromatic nitrogens is 6. The summed E-state index contributed by atoms with van der Waals surface area (Å²) in [7, 11) is 1.74. The number of benzene rings is 1. The first-order valence-corrected chi connectivity index (χ1v) is 8.80. The Bertz CT molecular complexity index is 1130. The lowest BCUT2D eigenvalue weighted by Gasteiger charge is -2.06. The third kappa shape index (κ3) is 4.38. The minimum atomic E-state index is -0.325. The molecule has 0 fully saturated rings. The van der Waals surface area contributed by atoms with E-state index in [0.29, 0.717) is 29.4 Å². The van der Waals surface area contributed by atoms with Crippen LogP contribution in [0.15, 0.2) is 67.3 Å². The Morgan fingerprint density at radius 1 is 0.828 bits per heavy atom. The Kier molecular flexibility index (Phi) is 4.89. The number of aryl methyl sites for hydroxylation is 1. The van der Waals surface area contributed by atoms with Crippen molar-refractivity contribution < 1.29 is 9.59 Å². The van der Waals surface area contributed by atoms with Gasteiger partial charge in [-0.2, -0.15) is 15.3 Å². The molecule has 0 saturated carbocycles. The molecule has 3 heterocycles. The van der Waals surface area contributed by atoms with E-state index < -0.39 is 0 Å². The lowest BCUT2D eigenvalue weighted by molar-refractivity contribution is 0.101. The summed E-state index contributed by atoms with van der Waals surface area (Å²) in [5.74, 6) is -0.625. The number of nitrogens with zero attached hydrogens (tertiary/aromatic N) is 6. The van der Waals surface area contributed by atoms with E-state index in [0.717, 1.165) is 0 Å². The Labute approximate surface area is 165 Å². The number of nitrogens with one attached hydrogen (secondary N) is 2. The smallest absolute Gasteiger partial charge is 0.276 e. The van der Waals surface area contributed by atoms with E-state index in [1.165, 1.54) is 0 Å². The van der Waals surface area contributed by atoms with Gasteiger partial charge in [0.15, 0.2) is 11.4 Å². The highest BCUT2D eigenvalue weighted by molar-refractivity contribution is 6.04. The summed E-state index contributed by atoms with van der Waals surface area (Å²) in [4.78, 5) is 24.5. The highest BCUT2D eigenvalue weighted by atomic mass is 16.2. The van der Waals surface area contributed by atoms with Crippen molar-refractivity contribution in [2.24, 2.45) is 7.05 Å². The van der Waals surface area contributed by atoms with E-state index >= 15 is 0 Å². The summed E-state index contributed by atoms with van der Waals surface area (Å²) in [6.07, 6.45) is 6.91. The molecule has 1 aromatic carbocycles. The Balaban J connectivity index is 1.35. The number of hydrogen-bond donors (Lipinski definition) is 2. The van der Waals surface area contributed by atoms with Crippen LogP contribution < -0.4 is 10.6 Å². The van der Waals surface area contributed by atoms with Gasteiger partial charge in [-0.3, -0.25) is 23.6 Å². The maximum atomic E-state index is 12.4. The van der Waals surface area contributed by atoms with Crippen LogP contribution in [0.3, 0.4) is 0 Å². The fourth-order valence-electron chi connectivity index (χ4n) is 2.66. The van der Waals surface area contributed by atoms with Gasteiger partial charge < -0.3 is 10.6 Å². The normalized spacial score (nSPS) is 10.7. The zero-order valence-electron chi connectivity index (χ0n) is 15.6. The second-order valence-electron chi connectivity index (χ2n) is 6.29. The van der Waals surface area contributed by atoms with Crippen LogP contribution in [0.4, 0.5) is 11.4 Å². The average molecular weight is 390 g/mol. The van der Waals surface area contributed by atoms with Gasteiger partial charge in [-0.15, -0.1) is 0 Å². The molecule has 0 saturated heterocycles. The number of anilines is 2. The minimum absolute atomic E-state index is 0.296. The number of hydrogen-bond acceptors (Lipinski definition) is 5. The van der Waals surface area contributed by atoms with Crippen LogP contribution in [-0.4, -0.2) is 41.2 Å². The van der Waals surface area contributed by atoms with Gasteiger partial charge in [0.1, 0.15) is 6.67 Å². The summed E-state index contributed by atoms with van der Waals surface area (Å²) in [5, 5.41) is 17.9. The third-order valence-corrected chi connectivity index (χ3v) is 4.07. The summed E-state index contributed by atoms with van der Waals surface area (Å²) < 4.78 is 4.88. The third-order valence-electron chi connectivity index (χ3n) is 4.07. The van der Waals surface area contributed by atoms with Gasteiger partial charge >= 0.3 is 0 Å². The van der Waals surface area contributed by atoms with E-state index in [-0.39, 0.29) is 11.8 Å². The highest BCUT2D eigenvalue weighted by Crippen LogP contribution is 2.15. The van der Waals surface area contributed by atoms with Crippen molar-refractivity contribution in [1.82, 2.24) is 29.3 Å². The van der Waals surface area contributed by atoms with Gasteiger partial charge in [0.2, 0.25) is 0 Å². The number of rotatable bonds is 6. The van der Waals surface area contributed by atoms with E-state index in [1.807, 2.05) is 12.3 Å². The van der Waals surface area contributed by atoms with Crippen molar-refractivity contribution >= 4 is 23.2 Å². The molecule has 2 N–H and O–H groups in total. The van der Waals surface area contributed by atoms with Gasteiger partial charge in [0.25, 0.3) is 11.8 Å². The zero-order valence-corrected chi connectivity index (χ0v) is 15.6. The van der Waals surface area contributed by atoms with Gasteiger partial charge in [-0.05, 0) is 42.5 Å². The van der Waals surface area contributed by atoms with Crippen molar-refractivity contribution in [1.29, 1.82) is 0 Å². The minimum Gasteiger partial charge on any atom is -0.321 e. The maximum Gasteiger partial charge on any atom is 0.276 e. The molecule has 0 bridgehead atoms. The van der Waals surface area contributed by atoms with Crippen molar-refractivity contribution in [2.45, 2.75) is 6.67 Å². The van der Waals surface area contributed by atoms with Gasteiger partial charge in [-0.1, -0.05) is 0 Å². The van der Waals surface area contributed by atoms with Gasteiger partial charge in [0, 0.05) is 43.2 Å². The Hall–Kier alpha value is -4.21. The average Bonchev–Trinajstić information content (AvgIpc) is 3.46. The number of carbonyl (C=O) groups excluding carboxylic acids is 2. The molecule has 10 nitrogen and oxygen atoms in total. The zero-order chi connectivity index (χ0) is 20.2. The van der Waals surface area contributed by atoms with Gasteiger partial charge in [-0.25, -0.2) is 0 Å². The highest BCUT2D eigenvalue weighted by Gasteiger charge is 2.11. The van der Waals surface area contributed by atoms with Crippen molar-refractivity contribution in [3.05, 3.63) is 78.6 Å². The molecular weight excluding hydrogens is 372 g/mol. The first kappa shape index (κ1) is 18.2. The molecule has 0 aliphatic heterocycles. The van der Waals surface area contributed by atoms with Crippen LogP contribution in [0, 0.1) is 0 Å². The molecule has 29 heavy (non-hydrogen) atoms. The molecule has 4 rings (SSSR count). The second kappa shape index (κ2) is 7.80. The molecule has 0 atom stereocenters. The van der Waals surface area contributed by atoms with Crippen LogP contribution in [0.2, 0.25) is 0 Å². The van der Waals surface area contributed by atoms with Crippen molar-refractivity contribution in [3.8, 4) is 0 Å². The molecule has 10 heteroatoms. The largest absolute Gasteiger partial charge is 0.321 e. The first-order valence-electron chi connectivity index (χ1n) is 8.80. The Morgan fingerprint density at radius 3 is 2.00 bits per heavy atom. The SMILES string of the molecule is Cn1ccc(C(=O)Nc2ccc(NC(=O)c3ccn(Cn4cccn4)n3)cc2)n1. The number of carbonyl (C=O) groups is 2. The number of amides is 2. The molecular formula is C19H18N8O2. The maximum absolute atomic E-state index is 12.4. The molecule has 0 aliphatic carbocycles. The molecule has 146 valence electrons. The molecule has 3 aromatic heterocycles. The summed E-state index contributed by atoms with van der Waals surface area (Å²) in [6.45, 7) is 0.422. The Morgan fingerprint density at radius 2 is 1.45 bits per heavy atom. The van der Waals surface area contributed by atoms with Crippen LogP contribution >= 0.6 is 0 Å². The van der Waals surface area contributed by atoms with E-state index in [1.54, 1.807) is 76.1 Å². The molecule has 2 amide bonds. The van der Waals surface area contributed by atoms with E-state index in [2.05, 4.69) is 25.9 Å². The summed E-state index contributed by atoms with van der Waals surface area (Å²) >= 11 is 0. The van der Waals surface area contributed by atoms with Crippen LogP contribution in [0.1, 0.15) is 21.0 Å². The summed E-state index contributed by atoms with van der Waals surface area (Å²) in [5.41, 5.74) is 1.81. The first-order chi connectivity index (χ1) is 14.1. The van der Waals surface area contributed by atoms with Gasteiger partial charge in [0.05, 0.1) is 0 Å². The monoisotopic (exact) mass is 390 g/mol. The predicted octanol–water partition coefficient (Wildman–Crippen LogP) is 1.82. The lowest BCUT2D eigenvalue weighted by Crippen LogP contribution is -2.15. The molecule has 0 spiro atoms. The predicted molar refractivity (Wildman–Crippen MR) is 105 cm³/mol. The van der Waals surface area contributed by atoms with Crippen molar-refractivity contribution in [2.75, 3.05) is 10.6 Å². The molecule has 4 aromatic rings. The van der Waals surface area contributed by atoms with Crippen LogP contribution in [0.5, 0.6) is 0 Å². The molecule has 0 aliphatic rings. The van der Waals surface area contributed by atoms with E-state index in [4.69, 9.17) is 0 Å². The van der Waals surface area contributed by atoms with Crippen LogP contribution in [-0.2, 0) is 13.7 Å². The van der Waals surface area contributed by atoms with Crippen LogP contribution in [0.25, 0.3) is 0 Å². The standard InChI is InChI=1S/C19H18N8O2/c1-25-11-7-16(23-25)18(28)21-14-3-5-15(6-4-14)22-19(29)17-8-12-27(24-17)13-26-10-2-9-20-26/h2-12H,13H2,1H3,(H,21,28)(H,22,29). The second-order valence-corrected chi connectivity index (χ2v) is 6.29. The molecule has 0 unspecified atom stereocenters. The quantitative estimate of drug-likeness (QED) is 0.522. The van der Waals surface area contributed by atoms with Crippen molar-refractivity contribution in [3.63, 3.8) is 0 Å². The fraction of sp³-hybridized carbons (Fsp3) is 0.105. The fourth-order valence-corrected chi connectivity index (χ4v) is 2.66.